The summed E-state index contributed by atoms with van der Waals surface area (Å²) < 4.78 is 36.0. The zero-order chi connectivity index (χ0) is 86.5. The number of thioether (sulfide) groups is 9. The monoisotopic (exact) mass is 1910 g/mol. The second-order valence-electron chi connectivity index (χ2n) is 22.1. The lowest BCUT2D eigenvalue weighted by molar-refractivity contribution is 0.228. The molecule has 0 unspecified atom stereocenters. The number of aryl methyl sites for hydroxylation is 9. The van der Waals surface area contributed by atoms with Crippen LogP contribution in [0.1, 0.15) is 58.9 Å². The van der Waals surface area contributed by atoms with Gasteiger partial charge in [0.2, 0.25) is 46.4 Å². The highest BCUT2D eigenvalue weighted by molar-refractivity contribution is 8.15. The first-order chi connectivity index (χ1) is 53.5. The number of carbonyl (C=O) groups is 9. The Bertz CT molecular complexity index is 3830. The van der Waals surface area contributed by atoms with Gasteiger partial charge in [-0.25, -0.2) is 44.9 Å². The summed E-state index contributed by atoms with van der Waals surface area (Å²) in [7, 11) is 23.8. The second kappa shape index (κ2) is 57.9. The largest absolute Gasteiger partial charge is 0.339 e. The van der Waals surface area contributed by atoms with Gasteiger partial charge < -0.3 is 44.1 Å². The normalized spacial score (nSPS) is 9.94. The minimum absolute atomic E-state index is 0.0211. The van der Waals surface area contributed by atoms with Crippen LogP contribution in [0.3, 0.4) is 0 Å². The first-order valence-corrected chi connectivity index (χ1v) is 46.4. The Labute approximate surface area is 738 Å². The predicted octanol–water partition coefficient (Wildman–Crippen LogP) is 16.5. The van der Waals surface area contributed by atoms with Gasteiger partial charge in [0.15, 0.2) is 0 Å². The van der Waals surface area contributed by atoms with E-state index in [9.17, 15) is 43.2 Å². The minimum Gasteiger partial charge on any atom is -0.339 e. The van der Waals surface area contributed by atoms with Gasteiger partial charge in [-0.15, -0.1) is 13.2 Å². The molecule has 0 atom stereocenters. The Morgan fingerprint density at radius 3 is 0.465 bits per heavy atom. The van der Waals surface area contributed by atoms with Crippen LogP contribution >= 0.6 is 210 Å². The van der Waals surface area contributed by atoms with E-state index in [2.05, 4.69) is 97.4 Å². The minimum atomic E-state index is -0.0856. The highest BCUT2D eigenvalue weighted by Gasteiger charge is 2.19. The lowest BCUT2D eigenvalue weighted by Crippen LogP contribution is -2.27. The van der Waals surface area contributed by atoms with E-state index in [4.69, 9.17) is 0 Å². The first kappa shape index (κ1) is 106. The molecule has 0 saturated heterocycles. The maximum atomic E-state index is 11.8. The van der Waals surface area contributed by atoms with Crippen molar-refractivity contribution < 1.29 is 43.2 Å². The molecule has 0 N–H and O–H groups in total. The summed E-state index contributed by atoms with van der Waals surface area (Å²) in [6.07, 6.45) is 3.36. The molecule has 9 aromatic rings. The van der Waals surface area contributed by atoms with Crippen molar-refractivity contribution in [3.05, 3.63) is 70.4 Å². The average molecular weight is 1910 g/mol. The van der Waals surface area contributed by atoms with Gasteiger partial charge in [-0.2, -0.15) is 39.4 Å². The van der Waals surface area contributed by atoms with Gasteiger partial charge in [0, 0.05) is 231 Å². The van der Waals surface area contributed by atoms with E-state index in [1.54, 1.807) is 121 Å². The summed E-state index contributed by atoms with van der Waals surface area (Å²) in [4.78, 5) is 152. The molecule has 626 valence electrons. The van der Waals surface area contributed by atoms with Crippen molar-refractivity contribution in [2.45, 2.75) is 123 Å². The SMILES string of the molecule is C=CCN(CC=C)C(=O)Sc1nsc(C)n1.CCN(CC)C(=O)Sc1nsc(C)n1.Cc1nc(SC(=O)N(C)C)ns1.Cc1nc(SC(=O)N(C)C)ns1.Cc1nc(SC(=O)N(C)C)ns1.Cc1nc(SC(=O)N(C)C)ns1.Cc1nc(SC(=O)N(C)C)ns1.Cc1nc(SC(=O)N(C)C)ns1.Cc1nc(SC(=O)N(C)C)ns1. The van der Waals surface area contributed by atoms with E-state index >= 15 is 0 Å². The molecule has 0 bridgehead atoms. The average Bonchev–Trinajstić information content (AvgIpc) is 1.67. The number of rotatable bonds is 15. The molecule has 0 spiro atoms. The van der Waals surface area contributed by atoms with E-state index in [1.165, 1.54) is 138 Å². The van der Waals surface area contributed by atoms with Crippen LogP contribution in [0.15, 0.2) is 71.7 Å². The van der Waals surface area contributed by atoms with E-state index in [1.807, 2.05) is 76.2 Å². The van der Waals surface area contributed by atoms with E-state index in [-0.39, 0.29) is 47.2 Å². The molecule has 0 aromatic carbocycles. The topological polar surface area (TPSA) is 415 Å². The van der Waals surface area contributed by atoms with Crippen LogP contribution in [0.2, 0.25) is 0 Å². The van der Waals surface area contributed by atoms with E-state index < -0.39 is 0 Å². The maximum absolute atomic E-state index is 11.8. The number of nitrogens with zero attached hydrogens (tertiary/aromatic N) is 27. The Kier molecular flexibility index (Phi) is 53.8. The molecule has 0 aliphatic rings. The van der Waals surface area contributed by atoms with Crippen molar-refractivity contribution in [2.75, 3.05) is 125 Å². The summed E-state index contributed by atoms with van der Waals surface area (Å²) in [6.45, 7) is 30.4. The summed E-state index contributed by atoms with van der Waals surface area (Å²) in [5.41, 5.74) is 0. The molecule has 9 aromatic heterocycles. The van der Waals surface area contributed by atoms with E-state index in [0.29, 0.717) is 59.5 Å². The molecular formula is C60H89N27O9S18. The standard InChI is InChI=1S/C10H13N3OS2.C8H13N3OS2.7C6H9N3OS2/c1-4-6-13(7-5-2)10(14)15-9-11-8(3)16-12-9;1-4-11(5-2)8(12)13-7-9-6(3)14-10-7;7*1-4-7-5(8-12-4)11-6(10)9(2)3/h4-5H,1-2,6-7H2,3H3;4-5H2,1-3H3;7*1-3H3. The fourth-order valence-corrected chi connectivity index (χ4v) is 16.7. The highest BCUT2D eigenvalue weighted by atomic mass is 32.2. The summed E-state index contributed by atoms with van der Waals surface area (Å²) in [6, 6.07) is 0. The zero-order valence-electron chi connectivity index (χ0n) is 67.0. The first-order valence-electron chi connectivity index (χ1n) is 32.1. The lowest BCUT2D eigenvalue weighted by atomic mass is 10.5. The molecule has 36 nitrogen and oxygen atoms in total. The fourth-order valence-electron chi connectivity index (χ4n) is 5.39. The van der Waals surface area contributed by atoms with Gasteiger partial charge in [-0.05, 0) is 180 Å². The Morgan fingerprint density at radius 1 is 0.246 bits per heavy atom. The summed E-state index contributed by atoms with van der Waals surface area (Å²) in [5, 5.41) is 12.3. The number of aromatic nitrogens is 18. The molecule has 9 amide bonds. The van der Waals surface area contributed by atoms with Crippen LogP contribution in [0.25, 0.3) is 0 Å². The molecule has 0 aliphatic heterocycles. The predicted molar refractivity (Wildman–Crippen MR) is 474 cm³/mol. The van der Waals surface area contributed by atoms with Gasteiger partial charge in [0.05, 0.1) is 0 Å². The third-order valence-corrected chi connectivity index (χ3v) is 25.3. The van der Waals surface area contributed by atoms with Gasteiger partial charge in [-0.3, -0.25) is 43.2 Å². The molecule has 0 radical (unpaired) electrons. The number of hydrogen-bond acceptors (Lipinski definition) is 45. The van der Waals surface area contributed by atoms with Gasteiger partial charge in [0.25, 0.3) is 47.2 Å². The smallest absolute Gasteiger partial charge is 0.290 e. The Balaban J connectivity index is 0.000000642. The Morgan fingerprint density at radius 2 is 0.368 bits per heavy atom. The zero-order valence-corrected chi connectivity index (χ0v) is 81.7. The summed E-state index contributed by atoms with van der Waals surface area (Å²) >= 11 is 21.2. The molecule has 0 fully saturated rings. The number of carbonyl (C=O) groups excluding carboxylic acids is 9. The third kappa shape index (κ3) is 47.3. The van der Waals surface area contributed by atoms with Gasteiger partial charge >= 0.3 is 0 Å². The van der Waals surface area contributed by atoms with Crippen molar-refractivity contribution in [2.24, 2.45) is 0 Å². The van der Waals surface area contributed by atoms with Crippen LogP contribution in [-0.4, -0.2) is 300 Å². The van der Waals surface area contributed by atoms with Crippen LogP contribution in [0, 0.1) is 62.3 Å². The van der Waals surface area contributed by atoms with Crippen molar-refractivity contribution in [1.29, 1.82) is 0 Å². The van der Waals surface area contributed by atoms with Crippen LogP contribution in [0.5, 0.6) is 0 Å². The van der Waals surface area contributed by atoms with Crippen LogP contribution in [0.4, 0.5) is 43.2 Å². The highest BCUT2D eigenvalue weighted by Crippen LogP contribution is 2.26. The van der Waals surface area contributed by atoms with Crippen LogP contribution in [-0.2, 0) is 0 Å². The van der Waals surface area contributed by atoms with Crippen molar-refractivity contribution in [1.82, 2.24) is 128 Å². The maximum Gasteiger partial charge on any atom is 0.290 e. The molecule has 114 heavy (non-hydrogen) atoms. The van der Waals surface area contributed by atoms with E-state index in [0.717, 1.165) is 164 Å². The van der Waals surface area contributed by atoms with Crippen molar-refractivity contribution >= 4 is 257 Å². The van der Waals surface area contributed by atoms with Gasteiger partial charge in [-0.1, -0.05) is 12.2 Å². The van der Waals surface area contributed by atoms with Gasteiger partial charge in [0.1, 0.15) is 45.1 Å². The summed E-state index contributed by atoms with van der Waals surface area (Å²) in [5.74, 6) is 0. The molecule has 9 heterocycles. The van der Waals surface area contributed by atoms with Crippen molar-refractivity contribution in [3.8, 4) is 0 Å². The molecule has 0 aliphatic carbocycles. The number of amides is 9. The molecule has 9 rings (SSSR count). The fraction of sp³-hybridized carbons (Fsp3) is 0.483. The molecular weight excluding hydrogens is 1820 g/mol. The lowest BCUT2D eigenvalue weighted by Gasteiger charge is -2.17. The third-order valence-electron chi connectivity index (χ3n) is 10.7. The Hall–Kier alpha value is -6.10. The second-order valence-corrected chi connectivity index (χ2v) is 39.0. The number of hydrogen-bond donors (Lipinski definition) is 0. The van der Waals surface area contributed by atoms with Crippen molar-refractivity contribution in [3.63, 3.8) is 0 Å². The molecule has 54 heteroatoms. The van der Waals surface area contributed by atoms with Crippen LogP contribution < -0.4 is 0 Å². The molecule has 0 saturated carbocycles. The quantitative estimate of drug-likeness (QED) is 0.0679.